The molecule has 3 amide bonds. The van der Waals surface area contributed by atoms with E-state index in [4.69, 9.17) is 0 Å². The highest BCUT2D eigenvalue weighted by Gasteiger charge is 2.36. The van der Waals surface area contributed by atoms with E-state index < -0.39 is 42.5 Å². The molecule has 4 N–H and O–H groups in total. The van der Waals surface area contributed by atoms with Crippen molar-refractivity contribution in [3.8, 4) is 0 Å². The van der Waals surface area contributed by atoms with Gasteiger partial charge >= 0.3 is 5.97 Å². The first-order chi connectivity index (χ1) is 16.3. The second-order valence-corrected chi connectivity index (χ2v) is 9.13. The minimum atomic E-state index is -1.32. The van der Waals surface area contributed by atoms with Gasteiger partial charge in [0.05, 0.1) is 6.61 Å². The normalized spacial score (nSPS) is 17.2. The van der Waals surface area contributed by atoms with Crippen molar-refractivity contribution in [2.45, 2.75) is 37.4 Å². The number of carbonyl (C=O) groups is 4. The number of hydrogen-bond acceptors (Lipinski definition) is 6. The van der Waals surface area contributed by atoms with Crippen LogP contribution in [0.5, 0.6) is 0 Å². The number of nitrogens with one attached hydrogen (secondary N) is 2. The van der Waals surface area contributed by atoms with Gasteiger partial charge < -0.3 is 25.7 Å². The van der Waals surface area contributed by atoms with E-state index in [1.54, 1.807) is 12.1 Å². The topological polar surface area (TPSA) is 136 Å². The maximum absolute atomic E-state index is 13.2. The van der Waals surface area contributed by atoms with Crippen molar-refractivity contribution < 1.29 is 29.4 Å². The lowest BCUT2D eigenvalue weighted by Gasteiger charge is -2.26. The van der Waals surface area contributed by atoms with E-state index in [1.807, 2.05) is 36.6 Å². The minimum Gasteiger partial charge on any atom is -0.480 e. The van der Waals surface area contributed by atoms with Crippen molar-refractivity contribution in [1.29, 1.82) is 0 Å². The number of fused-ring (bicyclic) bond motifs is 1. The first kappa shape index (κ1) is 25.5. The molecule has 182 valence electrons. The molecule has 0 aliphatic carbocycles. The molecule has 1 saturated heterocycles. The number of carboxylic acid groups (broad SMARTS) is 1. The van der Waals surface area contributed by atoms with Gasteiger partial charge in [0.25, 0.3) is 5.91 Å². The molecule has 34 heavy (non-hydrogen) atoms. The van der Waals surface area contributed by atoms with Crippen LogP contribution >= 0.6 is 11.8 Å². The van der Waals surface area contributed by atoms with Crippen molar-refractivity contribution in [1.82, 2.24) is 15.5 Å². The molecule has 0 unspecified atom stereocenters. The van der Waals surface area contributed by atoms with Crippen LogP contribution in [0.25, 0.3) is 10.8 Å². The summed E-state index contributed by atoms with van der Waals surface area (Å²) in [7, 11) is 0. The summed E-state index contributed by atoms with van der Waals surface area (Å²) >= 11 is 1.45. The summed E-state index contributed by atoms with van der Waals surface area (Å²) in [5, 5.41) is 25.7. The first-order valence-electron chi connectivity index (χ1n) is 11.1. The van der Waals surface area contributed by atoms with Gasteiger partial charge in [0.2, 0.25) is 11.8 Å². The van der Waals surface area contributed by atoms with Crippen molar-refractivity contribution in [2.75, 3.05) is 25.2 Å². The number of thioether (sulfide) groups is 1. The van der Waals surface area contributed by atoms with Gasteiger partial charge in [-0.3, -0.25) is 14.4 Å². The van der Waals surface area contributed by atoms with E-state index in [0.29, 0.717) is 30.7 Å². The summed E-state index contributed by atoms with van der Waals surface area (Å²) in [5.74, 6) is -2.28. The fourth-order valence-electron chi connectivity index (χ4n) is 4.00. The van der Waals surface area contributed by atoms with Gasteiger partial charge in [-0.1, -0.05) is 30.3 Å². The molecule has 0 bridgehead atoms. The summed E-state index contributed by atoms with van der Waals surface area (Å²) in [5.41, 5.74) is 0.466. The van der Waals surface area contributed by atoms with Gasteiger partial charge in [0, 0.05) is 12.1 Å². The van der Waals surface area contributed by atoms with E-state index in [-0.39, 0.29) is 12.3 Å². The zero-order chi connectivity index (χ0) is 24.7. The molecular formula is C24H29N3O6S. The Labute approximate surface area is 201 Å². The van der Waals surface area contributed by atoms with Crippen molar-refractivity contribution in [3.63, 3.8) is 0 Å². The molecule has 3 rings (SSSR count). The summed E-state index contributed by atoms with van der Waals surface area (Å²) in [6, 6.07) is 9.81. The number of nitrogens with zero attached hydrogens (tertiary/aromatic N) is 1. The van der Waals surface area contributed by atoms with E-state index in [9.17, 15) is 29.4 Å². The second kappa shape index (κ2) is 11.8. The summed E-state index contributed by atoms with van der Waals surface area (Å²) in [6.07, 6.45) is 3.09. The molecule has 2 aromatic rings. The Hall–Kier alpha value is -3.11. The Bertz CT molecular complexity index is 1060. The number of aliphatic carboxylic acids is 1. The second-order valence-electron chi connectivity index (χ2n) is 8.14. The highest BCUT2D eigenvalue weighted by molar-refractivity contribution is 7.98. The molecule has 1 heterocycles. The van der Waals surface area contributed by atoms with Crippen LogP contribution in [-0.4, -0.2) is 82.1 Å². The van der Waals surface area contributed by atoms with Gasteiger partial charge in [-0.15, -0.1) is 0 Å². The van der Waals surface area contributed by atoms with Crippen LogP contribution < -0.4 is 10.6 Å². The van der Waals surface area contributed by atoms with Gasteiger partial charge in [-0.2, -0.15) is 11.8 Å². The van der Waals surface area contributed by atoms with Gasteiger partial charge in [-0.05, 0) is 54.2 Å². The molecule has 1 aliphatic rings. The van der Waals surface area contributed by atoms with E-state index in [0.717, 1.165) is 10.8 Å². The molecule has 3 atom stereocenters. The number of carbonyl (C=O) groups excluding carboxylic acids is 3. The largest absolute Gasteiger partial charge is 0.480 e. The number of aliphatic hydroxyl groups excluding tert-OH is 1. The molecule has 0 radical (unpaired) electrons. The van der Waals surface area contributed by atoms with E-state index in [2.05, 4.69) is 10.6 Å². The fourth-order valence-corrected chi connectivity index (χ4v) is 4.47. The number of rotatable bonds is 10. The lowest BCUT2D eigenvalue weighted by molar-refractivity contribution is -0.142. The lowest BCUT2D eigenvalue weighted by Crippen LogP contribution is -2.56. The zero-order valence-corrected chi connectivity index (χ0v) is 19.7. The van der Waals surface area contributed by atoms with Crippen LogP contribution in [0.1, 0.15) is 29.6 Å². The minimum absolute atomic E-state index is 0.213. The standard InChI is InChI=1S/C24H29N3O6S/c1-34-12-10-18(24(32)33)25-21(29)19(14-28)26-22(30)20-7-4-11-27(20)23(31)17-9-8-15-5-2-3-6-16(15)13-17/h2-3,5-6,8-9,13,18-20,28H,4,7,10-12,14H2,1H3,(H,25,29)(H,26,30)(H,32,33)/t18-,19-,20-/m0/s1. The Balaban J connectivity index is 1.67. The molecule has 0 aromatic heterocycles. The number of benzene rings is 2. The third-order valence-electron chi connectivity index (χ3n) is 5.85. The van der Waals surface area contributed by atoms with Crippen LogP contribution in [-0.2, 0) is 14.4 Å². The number of amides is 3. The quantitative estimate of drug-likeness (QED) is 0.396. The Morgan fingerprint density at radius 1 is 1.09 bits per heavy atom. The van der Waals surface area contributed by atoms with Gasteiger partial charge in [0.15, 0.2) is 0 Å². The van der Waals surface area contributed by atoms with Crippen LogP contribution in [0.3, 0.4) is 0 Å². The van der Waals surface area contributed by atoms with Crippen molar-refractivity contribution >= 4 is 46.2 Å². The van der Waals surface area contributed by atoms with Crippen LogP contribution in [0.15, 0.2) is 42.5 Å². The zero-order valence-electron chi connectivity index (χ0n) is 18.9. The van der Waals surface area contributed by atoms with Crippen LogP contribution in [0.4, 0.5) is 0 Å². The van der Waals surface area contributed by atoms with Crippen LogP contribution in [0.2, 0.25) is 0 Å². The predicted octanol–water partition coefficient (Wildman–Crippen LogP) is 1.24. The molecule has 0 spiro atoms. The number of hydrogen-bond donors (Lipinski definition) is 4. The smallest absolute Gasteiger partial charge is 0.326 e. The fraction of sp³-hybridized carbons (Fsp3) is 0.417. The first-order valence-corrected chi connectivity index (χ1v) is 12.5. The highest BCUT2D eigenvalue weighted by atomic mass is 32.2. The number of carboxylic acids is 1. The average molecular weight is 488 g/mol. The molecule has 1 fully saturated rings. The molecule has 2 aromatic carbocycles. The number of likely N-dealkylation sites (tertiary alicyclic amines) is 1. The number of aliphatic hydroxyl groups is 1. The molecular weight excluding hydrogens is 458 g/mol. The summed E-state index contributed by atoms with van der Waals surface area (Å²) < 4.78 is 0. The van der Waals surface area contributed by atoms with E-state index >= 15 is 0 Å². The lowest BCUT2D eigenvalue weighted by atomic mass is 10.1. The SMILES string of the molecule is CSCC[C@H](NC(=O)[C@H](CO)NC(=O)[C@@H]1CCCN1C(=O)c1ccc2ccccc2c1)C(=O)O. The Morgan fingerprint density at radius 3 is 2.50 bits per heavy atom. The van der Waals surface area contributed by atoms with Crippen molar-refractivity contribution in [2.24, 2.45) is 0 Å². The highest BCUT2D eigenvalue weighted by Crippen LogP contribution is 2.23. The van der Waals surface area contributed by atoms with Gasteiger partial charge in [-0.25, -0.2) is 4.79 Å². The predicted molar refractivity (Wildman–Crippen MR) is 130 cm³/mol. The monoisotopic (exact) mass is 487 g/mol. The third kappa shape index (κ3) is 6.06. The van der Waals surface area contributed by atoms with Crippen molar-refractivity contribution in [3.05, 3.63) is 48.0 Å². The van der Waals surface area contributed by atoms with Gasteiger partial charge in [0.1, 0.15) is 18.1 Å². The molecule has 0 saturated carbocycles. The van der Waals surface area contributed by atoms with Crippen LogP contribution in [0, 0.1) is 0 Å². The maximum atomic E-state index is 13.2. The molecule has 10 heteroatoms. The average Bonchev–Trinajstić information content (AvgIpc) is 3.34. The summed E-state index contributed by atoms with van der Waals surface area (Å²) in [6.45, 7) is -0.298. The third-order valence-corrected chi connectivity index (χ3v) is 6.50. The van der Waals surface area contributed by atoms with E-state index in [1.165, 1.54) is 16.7 Å². The molecule has 1 aliphatic heterocycles. The Kier molecular flexibility index (Phi) is 8.89. The molecule has 9 nitrogen and oxygen atoms in total. The summed E-state index contributed by atoms with van der Waals surface area (Å²) in [4.78, 5) is 51.5. The Morgan fingerprint density at radius 2 is 1.82 bits per heavy atom. The maximum Gasteiger partial charge on any atom is 0.326 e.